The van der Waals surface area contributed by atoms with Crippen LogP contribution in [0.15, 0.2) is 18.2 Å². The fraction of sp³-hybridized carbons (Fsp3) is 0.611. The van der Waals surface area contributed by atoms with E-state index in [2.05, 4.69) is 39.1 Å². The van der Waals surface area contributed by atoms with E-state index in [0.29, 0.717) is 5.92 Å². The zero-order valence-electron chi connectivity index (χ0n) is 14.3. The normalized spacial score (nSPS) is 25.3. The molecule has 2 rings (SSSR count). The van der Waals surface area contributed by atoms with Crippen molar-refractivity contribution < 1.29 is 9.53 Å². The monoisotopic (exact) mass is 304 g/mol. The quantitative estimate of drug-likeness (QED) is 0.895. The first kappa shape index (κ1) is 16.8. The largest absolute Gasteiger partial charge is 0.487 e. The lowest BCUT2D eigenvalue weighted by Gasteiger charge is -2.40. The summed E-state index contributed by atoms with van der Waals surface area (Å²) in [5, 5.41) is 3.06. The summed E-state index contributed by atoms with van der Waals surface area (Å²) in [5.74, 6) is 1.20. The Morgan fingerprint density at radius 3 is 2.73 bits per heavy atom. The third-order valence-corrected chi connectivity index (χ3v) is 4.63. The molecule has 1 aromatic carbocycles. The highest BCUT2D eigenvalue weighted by Gasteiger charge is 2.36. The summed E-state index contributed by atoms with van der Waals surface area (Å²) in [6.07, 6.45) is 1.67. The number of hydrogen-bond acceptors (Lipinski definition) is 3. The summed E-state index contributed by atoms with van der Waals surface area (Å²) in [6.45, 7) is 9.99. The first-order valence-electron chi connectivity index (χ1n) is 8.11. The third kappa shape index (κ3) is 3.43. The number of fused-ring (bicyclic) bond motifs is 1. The van der Waals surface area contributed by atoms with Crippen LogP contribution in [0.5, 0.6) is 5.75 Å². The van der Waals surface area contributed by atoms with Gasteiger partial charge in [-0.15, -0.1) is 0 Å². The predicted octanol–water partition coefficient (Wildman–Crippen LogP) is 3.47. The van der Waals surface area contributed by atoms with Gasteiger partial charge in [-0.25, -0.2) is 0 Å². The van der Waals surface area contributed by atoms with E-state index in [4.69, 9.17) is 10.5 Å². The molecule has 0 saturated heterocycles. The smallest absolute Gasteiger partial charge is 0.217 e. The number of carbonyl (C=O) groups excluding carboxylic acids is 1. The lowest BCUT2D eigenvalue weighted by molar-refractivity contribution is -0.120. The molecule has 4 heteroatoms. The van der Waals surface area contributed by atoms with E-state index in [1.807, 2.05) is 12.1 Å². The number of hydrogen-bond donors (Lipinski definition) is 2. The van der Waals surface area contributed by atoms with Gasteiger partial charge in [0.15, 0.2) is 0 Å². The van der Waals surface area contributed by atoms with Gasteiger partial charge in [-0.3, -0.25) is 4.79 Å². The van der Waals surface area contributed by atoms with Gasteiger partial charge in [0.25, 0.3) is 0 Å². The van der Waals surface area contributed by atoms with Gasteiger partial charge in [0.1, 0.15) is 11.4 Å². The first-order valence-corrected chi connectivity index (χ1v) is 8.11. The van der Waals surface area contributed by atoms with Crippen LogP contribution in [0.25, 0.3) is 0 Å². The minimum atomic E-state index is -0.248. The highest BCUT2D eigenvalue weighted by Crippen LogP contribution is 2.42. The van der Waals surface area contributed by atoms with Crippen LogP contribution < -0.4 is 15.8 Å². The van der Waals surface area contributed by atoms with Gasteiger partial charge < -0.3 is 15.8 Å². The molecule has 1 heterocycles. The summed E-state index contributed by atoms with van der Waals surface area (Å²) in [4.78, 5) is 11.6. The Morgan fingerprint density at radius 2 is 2.18 bits per heavy atom. The molecule has 0 fully saturated rings. The molecule has 1 aliphatic rings. The van der Waals surface area contributed by atoms with Crippen LogP contribution in [0.1, 0.15) is 70.7 Å². The Hall–Kier alpha value is -1.55. The summed E-state index contributed by atoms with van der Waals surface area (Å²) in [6, 6.07) is 6.09. The highest BCUT2D eigenvalue weighted by atomic mass is 16.5. The molecule has 0 spiro atoms. The fourth-order valence-electron chi connectivity index (χ4n) is 2.96. The zero-order valence-corrected chi connectivity index (χ0v) is 14.3. The average Bonchev–Trinajstić information content (AvgIpc) is 2.45. The maximum Gasteiger partial charge on any atom is 0.217 e. The van der Waals surface area contributed by atoms with Crippen LogP contribution in [0.4, 0.5) is 0 Å². The van der Waals surface area contributed by atoms with Gasteiger partial charge in [-0.05, 0) is 37.0 Å². The molecule has 1 amide bonds. The molecule has 1 aromatic rings. The molecule has 0 radical (unpaired) electrons. The summed E-state index contributed by atoms with van der Waals surface area (Å²) in [7, 11) is 0. The lowest BCUT2D eigenvalue weighted by atomic mass is 9.85. The van der Waals surface area contributed by atoms with Crippen molar-refractivity contribution in [3.05, 3.63) is 29.3 Å². The SMILES string of the molecule is CCC1(C)CC(NC(C)=O)c2cc(C(N)C(C)C)ccc2O1. The second-order valence-electron chi connectivity index (χ2n) is 6.93. The van der Waals surface area contributed by atoms with Crippen molar-refractivity contribution in [1.29, 1.82) is 0 Å². The van der Waals surface area contributed by atoms with Crippen molar-refractivity contribution in [2.45, 2.75) is 65.1 Å². The maximum atomic E-state index is 11.6. The van der Waals surface area contributed by atoms with Gasteiger partial charge in [0.2, 0.25) is 5.91 Å². The van der Waals surface area contributed by atoms with E-state index in [1.165, 1.54) is 0 Å². The molecule has 122 valence electrons. The highest BCUT2D eigenvalue weighted by molar-refractivity contribution is 5.73. The number of carbonyl (C=O) groups is 1. The minimum Gasteiger partial charge on any atom is -0.487 e. The topological polar surface area (TPSA) is 64.4 Å². The molecule has 0 bridgehead atoms. The molecule has 0 aliphatic carbocycles. The predicted molar refractivity (Wildman–Crippen MR) is 88.7 cm³/mol. The molecule has 22 heavy (non-hydrogen) atoms. The standard InChI is InChI=1S/C18H28N2O2/c1-6-18(5)10-15(20-12(4)21)14-9-13(17(19)11(2)3)7-8-16(14)22-18/h7-9,11,15,17H,6,10,19H2,1-5H3,(H,20,21). The number of amides is 1. The summed E-state index contributed by atoms with van der Waals surface area (Å²) < 4.78 is 6.18. The molecular formula is C18H28N2O2. The molecule has 3 atom stereocenters. The van der Waals surface area contributed by atoms with Crippen molar-refractivity contribution in [3.8, 4) is 5.75 Å². The Bertz CT molecular complexity index is 556. The van der Waals surface area contributed by atoms with Crippen LogP contribution in [0.3, 0.4) is 0 Å². The average molecular weight is 304 g/mol. The van der Waals surface area contributed by atoms with E-state index < -0.39 is 0 Å². The fourth-order valence-corrected chi connectivity index (χ4v) is 2.96. The van der Waals surface area contributed by atoms with Crippen molar-refractivity contribution in [2.75, 3.05) is 0 Å². The molecular weight excluding hydrogens is 276 g/mol. The Labute approximate surface area is 133 Å². The molecule has 3 N–H and O–H groups in total. The second-order valence-corrected chi connectivity index (χ2v) is 6.93. The van der Waals surface area contributed by atoms with E-state index >= 15 is 0 Å². The summed E-state index contributed by atoms with van der Waals surface area (Å²) >= 11 is 0. The molecule has 1 aliphatic heterocycles. The van der Waals surface area contributed by atoms with Crippen LogP contribution in [-0.2, 0) is 4.79 Å². The van der Waals surface area contributed by atoms with E-state index in [-0.39, 0.29) is 23.6 Å². The van der Waals surface area contributed by atoms with Gasteiger partial charge in [-0.2, -0.15) is 0 Å². The van der Waals surface area contributed by atoms with E-state index in [1.54, 1.807) is 6.92 Å². The number of nitrogens with one attached hydrogen (secondary N) is 1. The van der Waals surface area contributed by atoms with Crippen molar-refractivity contribution >= 4 is 5.91 Å². The van der Waals surface area contributed by atoms with Crippen molar-refractivity contribution in [2.24, 2.45) is 11.7 Å². The number of benzene rings is 1. The van der Waals surface area contributed by atoms with Gasteiger partial charge in [-0.1, -0.05) is 26.8 Å². The Balaban J connectivity index is 2.42. The minimum absolute atomic E-state index is 0.0113. The molecule has 0 aromatic heterocycles. The molecule has 0 saturated carbocycles. The first-order chi connectivity index (χ1) is 10.3. The Kier molecular flexibility index (Phi) is 4.81. The van der Waals surface area contributed by atoms with Gasteiger partial charge in [0, 0.05) is 24.9 Å². The third-order valence-electron chi connectivity index (χ3n) is 4.63. The van der Waals surface area contributed by atoms with Crippen LogP contribution in [0.2, 0.25) is 0 Å². The zero-order chi connectivity index (χ0) is 16.5. The molecule has 3 unspecified atom stereocenters. The summed E-state index contributed by atoms with van der Waals surface area (Å²) in [5.41, 5.74) is 8.15. The number of nitrogens with two attached hydrogens (primary N) is 1. The molecule has 4 nitrogen and oxygen atoms in total. The van der Waals surface area contributed by atoms with Crippen molar-refractivity contribution in [1.82, 2.24) is 5.32 Å². The van der Waals surface area contributed by atoms with Crippen molar-refractivity contribution in [3.63, 3.8) is 0 Å². The van der Waals surface area contributed by atoms with Crippen LogP contribution in [0, 0.1) is 5.92 Å². The lowest BCUT2D eigenvalue weighted by Crippen LogP contribution is -2.42. The van der Waals surface area contributed by atoms with E-state index in [0.717, 1.165) is 29.7 Å². The van der Waals surface area contributed by atoms with Gasteiger partial charge in [0.05, 0.1) is 6.04 Å². The number of rotatable bonds is 4. The number of ether oxygens (including phenoxy) is 1. The van der Waals surface area contributed by atoms with Gasteiger partial charge >= 0.3 is 0 Å². The van der Waals surface area contributed by atoms with E-state index in [9.17, 15) is 4.79 Å². The maximum absolute atomic E-state index is 11.6. The Morgan fingerprint density at radius 1 is 1.50 bits per heavy atom. The van der Waals surface area contributed by atoms with Crippen LogP contribution in [-0.4, -0.2) is 11.5 Å². The second kappa shape index (κ2) is 6.29. The van der Waals surface area contributed by atoms with Crippen LogP contribution >= 0.6 is 0 Å².